The van der Waals surface area contributed by atoms with Crippen LogP contribution in [0.4, 0.5) is 0 Å². The van der Waals surface area contributed by atoms with E-state index in [1.165, 1.54) is 19.1 Å². The summed E-state index contributed by atoms with van der Waals surface area (Å²) in [4.78, 5) is 24.5. The lowest BCUT2D eigenvalue weighted by Crippen LogP contribution is -2.71. The van der Waals surface area contributed by atoms with Crippen molar-refractivity contribution in [2.45, 2.75) is 60.3 Å². The zero-order valence-corrected chi connectivity index (χ0v) is 17.7. The molecule has 0 aromatic heterocycles. The summed E-state index contributed by atoms with van der Waals surface area (Å²) in [5, 5.41) is 11.3. The number of ether oxygens (including phenoxy) is 1. The van der Waals surface area contributed by atoms with Crippen LogP contribution in [0.1, 0.15) is 39.0 Å². The summed E-state index contributed by atoms with van der Waals surface area (Å²) >= 11 is 0. The minimum absolute atomic E-state index is 0.0575. The van der Waals surface area contributed by atoms with Crippen molar-refractivity contribution in [2.75, 3.05) is 0 Å². The molecule has 0 heterocycles. The van der Waals surface area contributed by atoms with Crippen LogP contribution in [-0.2, 0) is 18.4 Å². The molecule has 0 spiro atoms. The highest BCUT2D eigenvalue weighted by Gasteiger charge is 2.73. The van der Waals surface area contributed by atoms with Crippen molar-refractivity contribution in [1.82, 2.24) is 0 Å². The normalized spacial score (nSPS) is 35.3. The fraction of sp³-hybridized carbons (Fsp3) is 0.550. The molecular formula is C20H23NO6S2. The largest absolute Gasteiger partial charge is 0.454 e. The van der Waals surface area contributed by atoms with Gasteiger partial charge in [-0.2, -0.15) is 0 Å². The summed E-state index contributed by atoms with van der Waals surface area (Å²) < 4.78 is 32.1. The lowest BCUT2D eigenvalue weighted by Gasteiger charge is -2.60. The van der Waals surface area contributed by atoms with E-state index < -0.39 is 31.2 Å². The average Bonchev–Trinajstić information content (AvgIpc) is 2.64. The Balaban J connectivity index is 1.79. The number of nitrogens with zero attached hydrogens (tertiary/aromatic N) is 1. The molecular weight excluding hydrogens is 414 g/mol. The first-order chi connectivity index (χ1) is 13.6. The maximum atomic E-state index is 13.1. The van der Waals surface area contributed by atoms with E-state index in [0.717, 1.165) is 6.42 Å². The van der Waals surface area contributed by atoms with Crippen molar-refractivity contribution in [1.29, 1.82) is 0 Å². The minimum Gasteiger partial charge on any atom is -0.454 e. The molecule has 3 unspecified atom stereocenters. The third-order valence-corrected chi connectivity index (χ3v) is 10.5. The number of rotatable bonds is 6. The number of benzene rings is 1. The van der Waals surface area contributed by atoms with Gasteiger partial charge >= 0.3 is 5.97 Å². The van der Waals surface area contributed by atoms with Gasteiger partial charge in [0.05, 0.1) is 4.90 Å². The highest BCUT2D eigenvalue weighted by atomic mass is 33.1. The van der Waals surface area contributed by atoms with E-state index in [0.29, 0.717) is 36.5 Å². The van der Waals surface area contributed by atoms with Crippen LogP contribution >= 0.6 is 10.8 Å². The van der Waals surface area contributed by atoms with E-state index in [2.05, 4.69) is 6.58 Å². The van der Waals surface area contributed by atoms with Crippen LogP contribution in [0.2, 0.25) is 0 Å². The summed E-state index contributed by atoms with van der Waals surface area (Å²) in [6.07, 6.45) is 2.43. The molecule has 0 saturated heterocycles. The lowest BCUT2D eigenvalue weighted by molar-refractivity contribution is -0.589. The van der Waals surface area contributed by atoms with Gasteiger partial charge in [-0.25, -0.2) is 13.2 Å². The first kappa shape index (κ1) is 20.4. The molecule has 4 saturated carbocycles. The summed E-state index contributed by atoms with van der Waals surface area (Å²) in [5.74, 6) is -0.502. The molecule has 4 aliphatic carbocycles. The van der Waals surface area contributed by atoms with Gasteiger partial charge < -0.3 is 4.74 Å². The molecule has 29 heavy (non-hydrogen) atoms. The van der Waals surface area contributed by atoms with E-state index in [1.54, 1.807) is 18.2 Å². The van der Waals surface area contributed by atoms with Gasteiger partial charge in [0, 0.05) is 23.3 Å². The summed E-state index contributed by atoms with van der Waals surface area (Å²) in [5.41, 5.74) is -2.38. The average molecular weight is 438 g/mol. The van der Waals surface area contributed by atoms with Gasteiger partial charge in [-0.15, -0.1) is 0 Å². The Morgan fingerprint density at radius 3 is 2.31 bits per heavy atom. The lowest BCUT2D eigenvalue weighted by atomic mass is 9.50. The predicted molar refractivity (Wildman–Crippen MR) is 108 cm³/mol. The Labute approximate surface area is 173 Å². The van der Waals surface area contributed by atoms with Gasteiger partial charge in [0.1, 0.15) is 10.9 Å². The molecule has 5 rings (SSSR count). The van der Waals surface area contributed by atoms with Crippen LogP contribution in [-0.4, -0.2) is 35.7 Å². The second-order valence-electron chi connectivity index (χ2n) is 8.62. The fourth-order valence-electron chi connectivity index (χ4n) is 5.61. The molecule has 3 atom stereocenters. The van der Waals surface area contributed by atoms with Crippen LogP contribution in [0.25, 0.3) is 0 Å². The summed E-state index contributed by atoms with van der Waals surface area (Å²) in [7, 11) is -3.28. The number of carbonyl (C=O) groups excluding carboxylic acids is 1. The van der Waals surface area contributed by atoms with Crippen LogP contribution in [0.5, 0.6) is 0 Å². The van der Waals surface area contributed by atoms with Crippen molar-refractivity contribution in [3.05, 3.63) is 52.6 Å². The number of carbonyl (C=O) groups is 1. The molecule has 4 bridgehead atoms. The number of esters is 1. The number of nitro groups is 1. The Morgan fingerprint density at radius 1 is 1.21 bits per heavy atom. The van der Waals surface area contributed by atoms with Crippen LogP contribution in [0, 0.1) is 22.0 Å². The van der Waals surface area contributed by atoms with E-state index in [-0.39, 0.29) is 27.2 Å². The molecule has 1 aromatic carbocycles. The van der Waals surface area contributed by atoms with Gasteiger partial charge in [-0.3, -0.25) is 10.1 Å². The number of hydrogen-bond acceptors (Lipinski definition) is 7. The van der Waals surface area contributed by atoms with Crippen LogP contribution in [0.15, 0.2) is 47.4 Å². The highest BCUT2D eigenvalue weighted by Crippen LogP contribution is 2.64. The molecule has 7 nitrogen and oxygen atoms in total. The van der Waals surface area contributed by atoms with Gasteiger partial charge in [0.25, 0.3) is 0 Å². The fourth-order valence-corrected chi connectivity index (χ4v) is 9.83. The molecule has 0 aliphatic heterocycles. The van der Waals surface area contributed by atoms with Crippen molar-refractivity contribution >= 4 is 25.6 Å². The van der Waals surface area contributed by atoms with E-state index in [1.807, 2.05) is 0 Å². The third kappa shape index (κ3) is 3.28. The summed E-state index contributed by atoms with van der Waals surface area (Å²) in [6, 6.07) is 7.89. The maximum Gasteiger partial charge on any atom is 0.333 e. The summed E-state index contributed by atoms with van der Waals surface area (Å²) in [6.45, 7) is 5.14. The molecule has 0 radical (unpaired) electrons. The molecule has 0 amide bonds. The Hall–Kier alpha value is -1.87. The van der Waals surface area contributed by atoms with Gasteiger partial charge in [0.15, 0.2) is 0 Å². The van der Waals surface area contributed by atoms with Crippen molar-refractivity contribution in [3.8, 4) is 0 Å². The SMILES string of the molecule is C=C(C)C(=O)OC12CC3CC(C1)CC([N+](=O)[O-])(C3)C2SS(=O)(=O)c1ccccc1. The predicted octanol–water partition coefficient (Wildman–Crippen LogP) is 3.57. The number of hydrogen-bond donors (Lipinski definition) is 0. The molecule has 156 valence electrons. The van der Waals surface area contributed by atoms with Gasteiger partial charge in [-0.05, 0) is 60.9 Å². The Bertz CT molecular complexity index is 960. The zero-order valence-electron chi connectivity index (χ0n) is 16.1. The van der Waals surface area contributed by atoms with Crippen LogP contribution in [0.3, 0.4) is 0 Å². The third-order valence-electron chi connectivity index (χ3n) is 6.45. The standard InChI is InChI=1S/C20H23NO6S2/c1-13(2)17(22)27-20-11-14-8-15(12-20)10-19(9-14,21(23)24)18(20)28-29(25,26)16-6-4-3-5-7-16/h3-7,14-15,18H,1,8-12H2,2H3. The smallest absolute Gasteiger partial charge is 0.333 e. The second-order valence-corrected chi connectivity index (χ2v) is 12.6. The van der Waals surface area contributed by atoms with Gasteiger partial charge in [-0.1, -0.05) is 24.8 Å². The molecule has 4 aliphatic rings. The van der Waals surface area contributed by atoms with Gasteiger partial charge in [0.2, 0.25) is 14.4 Å². The zero-order chi connectivity index (χ0) is 21.0. The monoisotopic (exact) mass is 437 g/mol. The second kappa shape index (κ2) is 6.84. The van der Waals surface area contributed by atoms with E-state index >= 15 is 0 Å². The molecule has 1 aromatic rings. The Morgan fingerprint density at radius 2 is 1.79 bits per heavy atom. The molecule has 0 N–H and O–H groups in total. The highest BCUT2D eigenvalue weighted by molar-refractivity contribution is 8.72. The molecule has 9 heteroatoms. The quantitative estimate of drug-likeness (QED) is 0.220. The van der Waals surface area contributed by atoms with E-state index in [9.17, 15) is 23.3 Å². The van der Waals surface area contributed by atoms with Crippen molar-refractivity contribution in [3.63, 3.8) is 0 Å². The van der Waals surface area contributed by atoms with Crippen molar-refractivity contribution < 1.29 is 22.9 Å². The first-order valence-corrected chi connectivity index (χ1v) is 12.5. The minimum atomic E-state index is -3.87. The van der Waals surface area contributed by atoms with E-state index in [4.69, 9.17) is 4.74 Å². The molecule has 4 fully saturated rings. The maximum absolute atomic E-state index is 13.1. The van der Waals surface area contributed by atoms with Crippen molar-refractivity contribution in [2.24, 2.45) is 11.8 Å². The topological polar surface area (TPSA) is 104 Å². The van der Waals surface area contributed by atoms with Crippen LogP contribution < -0.4 is 0 Å². The Kier molecular flexibility index (Phi) is 4.81. The first-order valence-electron chi connectivity index (χ1n) is 9.60.